The summed E-state index contributed by atoms with van der Waals surface area (Å²) in [6.07, 6.45) is -4.13. The molecule has 3 N–H and O–H groups in total. The van der Waals surface area contributed by atoms with Crippen LogP contribution in [0.25, 0.3) is 11.1 Å². The number of carboxylic acid groups (broad SMARTS) is 1. The fraction of sp³-hybridized carbons (Fsp3) is 0.278. The smallest absolute Gasteiger partial charge is 0.417 e. The van der Waals surface area contributed by atoms with Gasteiger partial charge in [-0.05, 0) is 59.0 Å². The summed E-state index contributed by atoms with van der Waals surface area (Å²) in [7, 11) is -3.90. The number of anilines is 1. The maximum atomic E-state index is 13.4. The molecule has 1 fully saturated rings. The Morgan fingerprint density at radius 3 is 2.45 bits per heavy atom. The van der Waals surface area contributed by atoms with Gasteiger partial charge in [-0.1, -0.05) is 15.9 Å². The summed E-state index contributed by atoms with van der Waals surface area (Å²) in [6.45, 7) is 0.0811. The summed E-state index contributed by atoms with van der Waals surface area (Å²) in [4.78, 5) is 11.1. The second-order valence-corrected chi connectivity index (χ2v) is 8.90. The molecule has 0 amide bonds. The van der Waals surface area contributed by atoms with E-state index in [4.69, 9.17) is 17.3 Å². The van der Waals surface area contributed by atoms with E-state index in [9.17, 15) is 31.8 Å². The van der Waals surface area contributed by atoms with Crippen LogP contribution in [0, 0.1) is 0 Å². The van der Waals surface area contributed by atoms with Crippen LogP contribution in [0.15, 0.2) is 41.3 Å². The molecule has 2 aromatic rings. The van der Waals surface area contributed by atoms with E-state index in [2.05, 4.69) is 0 Å². The molecule has 6 nitrogen and oxygen atoms in total. The molecule has 3 rings (SSSR count). The third-order valence-corrected chi connectivity index (χ3v) is 6.92. The van der Waals surface area contributed by atoms with E-state index in [1.54, 1.807) is 0 Å². The Hall–Kier alpha value is -2.14. The molecule has 1 aliphatic rings. The Morgan fingerprint density at radius 2 is 1.90 bits per heavy atom. The molecule has 0 saturated carbocycles. The van der Waals surface area contributed by atoms with E-state index < -0.39 is 34.2 Å². The van der Waals surface area contributed by atoms with Crippen molar-refractivity contribution in [3.63, 3.8) is 0 Å². The van der Waals surface area contributed by atoms with Crippen molar-refractivity contribution in [1.29, 1.82) is 0 Å². The summed E-state index contributed by atoms with van der Waals surface area (Å²) in [6, 6.07) is 5.53. The SMILES string of the molecule is Nc1cc(Cl)c(-c2ccc([S+](=O)(O)N3CCC[C@H]3C(=O)[O-])cc2)c(C(F)(F)F)c1. The number of hydrogen-bond acceptors (Lipinski definition) is 4. The number of alkyl halides is 3. The highest BCUT2D eigenvalue weighted by molar-refractivity contribution is 7.95. The van der Waals surface area contributed by atoms with E-state index in [0.29, 0.717) is 6.42 Å². The van der Waals surface area contributed by atoms with Gasteiger partial charge >= 0.3 is 16.6 Å². The van der Waals surface area contributed by atoms with Crippen molar-refractivity contribution >= 4 is 33.7 Å². The van der Waals surface area contributed by atoms with Crippen molar-refractivity contribution in [2.75, 3.05) is 12.3 Å². The first kappa shape index (κ1) is 21.6. The molecule has 0 radical (unpaired) electrons. The lowest BCUT2D eigenvalue weighted by atomic mass is 9.98. The maximum absolute atomic E-state index is 13.4. The third-order valence-electron chi connectivity index (χ3n) is 4.66. The minimum Gasteiger partial charge on any atom is -0.548 e. The highest BCUT2D eigenvalue weighted by Gasteiger charge is 2.46. The fourth-order valence-electron chi connectivity index (χ4n) is 3.35. The minimum absolute atomic E-state index is 0.0687. The van der Waals surface area contributed by atoms with Gasteiger partial charge in [0.25, 0.3) is 0 Å². The maximum Gasteiger partial charge on any atom is 0.417 e. The minimum atomic E-state index is -4.71. The highest BCUT2D eigenvalue weighted by Crippen LogP contribution is 2.42. The molecule has 2 aromatic carbocycles. The molecule has 11 heteroatoms. The Labute approximate surface area is 170 Å². The number of rotatable bonds is 4. The van der Waals surface area contributed by atoms with Gasteiger partial charge in [0.2, 0.25) is 4.90 Å². The Balaban J connectivity index is 2.02. The van der Waals surface area contributed by atoms with E-state index in [1.807, 2.05) is 0 Å². The average molecular weight is 449 g/mol. The fourth-order valence-corrected chi connectivity index (χ4v) is 5.36. The van der Waals surface area contributed by atoms with Gasteiger partial charge in [0.15, 0.2) is 0 Å². The number of carbonyl (C=O) groups is 1. The number of carbonyl (C=O) groups excluding carboxylic acids is 1. The van der Waals surface area contributed by atoms with Crippen molar-refractivity contribution in [3.8, 4) is 11.1 Å². The summed E-state index contributed by atoms with van der Waals surface area (Å²) in [5, 5.41) is 11.0. The number of nitrogens with zero attached hydrogens (tertiary/aromatic N) is 1. The molecule has 156 valence electrons. The molecule has 1 aliphatic heterocycles. The summed E-state index contributed by atoms with van der Waals surface area (Å²) >= 11 is 6.00. The van der Waals surface area contributed by atoms with E-state index >= 15 is 0 Å². The lowest BCUT2D eigenvalue weighted by Gasteiger charge is -2.22. The van der Waals surface area contributed by atoms with E-state index in [1.165, 1.54) is 30.3 Å². The Bertz CT molecular complexity index is 998. The van der Waals surface area contributed by atoms with Crippen LogP contribution in [-0.2, 0) is 25.6 Å². The van der Waals surface area contributed by atoms with Gasteiger partial charge in [0.1, 0.15) is 0 Å². The van der Waals surface area contributed by atoms with Gasteiger partial charge < -0.3 is 15.6 Å². The normalized spacial score (nSPS) is 19.8. The molecular weight excluding hydrogens is 433 g/mol. The molecule has 0 aliphatic carbocycles. The number of nitrogens with two attached hydrogens (primary N) is 1. The number of aliphatic carboxylic acids is 1. The monoisotopic (exact) mass is 448 g/mol. The molecule has 0 aromatic heterocycles. The summed E-state index contributed by atoms with van der Waals surface area (Å²) in [5.74, 6) is -1.45. The number of halogens is 4. The number of hydrogen-bond donors (Lipinski definition) is 2. The number of benzene rings is 2. The van der Waals surface area contributed by atoms with Crippen LogP contribution in [0.1, 0.15) is 18.4 Å². The predicted octanol–water partition coefficient (Wildman–Crippen LogP) is 3.07. The molecule has 2 atom stereocenters. The van der Waals surface area contributed by atoms with Crippen LogP contribution in [0.5, 0.6) is 0 Å². The lowest BCUT2D eigenvalue weighted by molar-refractivity contribution is -0.309. The van der Waals surface area contributed by atoms with Crippen molar-refractivity contribution in [2.24, 2.45) is 0 Å². The topological polar surface area (TPSA) is 107 Å². The number of carboxylic acids is 1. The van der Waals surface area contributed by atoms with Crippen LogP contribution in [0.3, 0.4) is 0 Å². The second-order valence-electron chi connectivity index (χ2n) is 6.56. The first-order chi connectivity index (χ1) is 13.4. The van der Waals surface area contributed by atoms with Crippen LogP contribution in [-0.4, -0.2) is 27.4 Å². The zero-order chi connectivity index (χ0) is 21.6. The average Bonchev–Trinajstić information content (AvgIpc) is 3.11. The van der Waals surface area contributed by atoms with Crippen molar-refractivity contribution in [1.82, 2.24) is 4.31 Å². The molecule has 0 spiro atoms. The molecule has 0 bridgehead atoms. The van der Waals surface area contributed by atoms with Gasteiger partial charge in [0.05, 0.1) is 22.6 Å². The van der Waals surface area contributed by atoms with Crippen LogP contribution >= 0.6 is 11.6 Å². The first-order valence-electron chi connectivity index (χ1n) is 8.44. The lowest BCUT2D eigenvalue weighted by Crippen LogP contribution is -2.49. The predicted molar refractivity (Wildman–Crippen MR) is 100.0 cm³/mol. The quantitative estimate of drug-likeness (QED) is 0.552. The van der Waals surface area contributed by atoms with Gasteiger partial charge in [-0.2, -0.15) is 17.7 Å². The Morgan fingerprint density at radius 1 is 1.28 bits per heavy atom. The van der Waals surface area contributed by atoms with Gasteiger partial charge in [-0.25, -0.2) is 0 Å². The standard InChI is InChI=1S/C18H16ClF3N2O4S/c19-14-9-11(23)8-13(18(20,21)22)16(14)10-3-5-12(6-4-10)29(27,28)24-7-1-2-15(24)17(25)26/h3-6,8-9,15H,1-2,7H2,(H3-,23,25,26,27,28)/t15-/m0/s1. The molecule has 1 saturated heterocycles. The Kier molecular flexibility index (Phi) is 5.65. The van der Waals surface area contributed by atoms with Gasteiger partial charge in [-0.15, -0.1) is 0 Å². The van der Waals surface area contributed by atoms with E-state index in [0.717, 1.165) is 10.4 Å². The first-order valence-corrected chi connectivity index (χ1v) is 10.3. The molecule has 1 unspecified atom stereocenters. The number of nitrogen functional groups attached to an aromatic ring is 1. The van der Waals surface area contributed by atoms with Crippen LogP contribution in [0.4, 0.5) is 18.9 Å². The zero-order valence-electron chi connectivity index (χ0n) is 14.8. The van der Waals surface area contributed by atoms with Gasteiger partial charge in [0, 0.05) is 17.8 Å². The molecule has 1 heterocycles. The van der Waals surface area contributed by atoms with Gasteiger partial charge in [-0.3, -0.25) is 0 Å². The summed E-state index contributed by atoms with van der Waals surface area (Å²) < 4.78 is 64.5. The summed E-state index contributed by atoms with van der Waals surface area (Å²) in [5.41, 5.74) is 4.06. The third kappa shape index (κ3) is 4.11. The van der Waals surface area contributed by atoms with E-state index in [-0.39, 0.29) is 39.7 Å². The van der Waals surface area contributed by atoms with Crippen LogP contribution in [0.2, 0.25) is 5.02 Å². The molecule has 29 heavy (non-hydrogen) atoms. The van der Waals surface area contributed by atoms with Crippen molar-refractivity contribution < 1.29 is 31.8 Å². The molecular formula is C18H16ClF3N2O4S. The second kappa shape index (κ2) is 7.60. The van der Waals surface area contributed by atoms with Crippen LogP contribution < -0.4 is 10.8 Å². The van der Waals surface area contributed by atoms with Crippen molar-refractivity contribution in [3.05, 3.63) is 47.0 Å². The highest BCUT2D eigenvalue weighted by atomic mass is 35.5. The largest absolute Gasteiger partial charge is 0.548 e. The van der Waals surface area contributed by atoms with Crippen molar-refractivity contribution in [2.45, 2.75) is 30.0 Å². The zero-order valence-corrected chi connectivity index (χ0v) is 16.4.